The van der Waals surface area contributed by atoms with E-state index >= 15 is 0 Å². The standard InChI is InChI=1S/C13H26F2O/c1-5-11(6-2)13(14,15)12(7-3,8-4)9-10-16/h11,16H,5-10H2,1-4H3. The van der Waals surface area contributed by atoms with Crippen molar-refractivity contribution in [2.75, 3.05) is 6.61 Å². The predicted octanol–water partition coefficient (Wildman–Crippen LogP) is 4.25. The van der Waals surface area contributed by atoms with Crippen LogP contribution in [0.4, 0.5) is 8.78 Å². The van der Waals surface area contributed by atoms with Gasteiger partial charge in [0.1, 0.15) is 0 Å². The average Bonchev–Trinajstić information content (AvgIpc) is 2.27. The van der Waals surface area contributed by atoms with Crippen LogP contribution >= 0.6 is 0 Å². The number of alkyl halides is 2. The summed E-state index contributed by atoms with van der Waals surface area (Å²) < 4.78 is 29.0. The van der Waals surface area contributed by atoms with Crippen molar-refractivity contribution in [2.24, 2.45) is 11.3 Å². The van der Waals surface area contributed by atoms with Gasteiger partial charge in [-0.05, 0) is 32.1 Å². The van der Waals surface area contributed by atoms with E-state index in [0.717, 1.165) is 0 Å². The van der Waals surface area contributed by atoms with Gasteiger partial charge in [0.25, 0.3) is 5.92 Å². The summed E-state index contributed by atoms with van der Waals surface area (Å²) in [4.78, 5) is 0. The third-order valence-corrected chi connectivity index (χ3v) is 4.15. The van der Waals surface area contributed by atoms with Gasteiger partial charge in [0.15, 0.2) is 0 Å². The van der Waals surface area contributed by atoms with Crippen molar-refractivity contribution >= 4 is 0 Å². The van der Waals surface area contributed by atoms with Crippen LogP contribution in [-0.4, -0.2) is 17.6 Å². The molecule has 0 bridgehead atoms. The predicted molar refractivity (Wildman–Crippen MR) is 63.7 cm³/mol. The van der Waals surface area contributed by atoms with Crippen LogP contribution in [0.3, 0.4) is 0 Å². The topological polar surface area (TPSA) is 20.2 Å². The molecular formula is C13H26F2O. The van der Waals surface area contributed by atoms with E-state index in [9.17, 15) is 8.78 Å². The van der Waals surface area contributed by atoms with Crippen LogP contribution < -0.4 is 0 Å². The van der Waals surface area contributed by atoms with E-state index in [1.54, 1.807) is 13.8 Å². The Labute approximate surface area is 98.2 Å². The Kier molecular flexibility index (Phi) is 6.46. The molecular weight excluding hydrogens is 210 g/mol. The van der Waals surface area contributed by atoms with Gasteiger partial charge in [-0.15, -0.1) is 0 Å². The largest absolute Gasteiger partial charge is 0.396 e. The van der Waals surface area contributed by atoms with E-state index in [1.165, 1.54) is 0 Å². The number of rotatable bonds is 8. The van der Waals surface area contributed by atoms with Crippen LogP contribution in [-0.2, 0) is 0 Å². The van der Waals surface area contributed by atoms with Gasteiger partial charge in [-0.25, -0.2) is 8.78 Å². The van der Waals surface area contributed by atoms with Crippen LogP contribution in [0.2, 0.25) is 0 Å². The van der Waals surface area contributed by atoms with Gasteiger partial charge >= 0.3 is 0 Å². The van der Waals surface area contributed by atoms with Crippen molar-refractivity contribution in [3.05, 3.63) is 0 Å². The fraction of sp³-hybridized carbons (Fsp3) is 1.00. The Balaban J connectivity index is 5.14. The number of halogens is 2. The molecule has 0 aliphatic rings. The first-order valence-electron chi connectivity index (χ1n) is 6.44. The van der Waals surface area contributed by atoms with Gasteiger partial charge in [-0.3, -0.25) is 0 Å². The maximum absolute atomic E-state index is 14.5. The summed E-state index contributed by atoms with van der Waals surface area (Å²) in [5.74, 6) is -3.25. The van der Waals surface area contributed by atoms with Crippen molar-refractivity contribution in [1.82, 2.24) is 0 Å². The zero-order valence-corrected chi connectivity index (χ0v) is 11.0. The lowest BCUT2D eigenvalue weighted by molar-refractivity contribution is -0.176. The molecule has 0 aromatic heterocycles. The third-order valence-electron chi connectivity index (χ3n) is 4.15. The summed E-state index contributed by atoms with van der Waals surface area (Å²) in [5, 5.41) is 9.02. The summed E-state index contributed by atoms with van der Waals surface area (Å²) in [7, 11) is 0. The molecule has 0 aromatic rings. The minimum atomic E-state index is -2.68. The molecule has 0 amide bonds. The van der Waals surface area contributed by atoms with Crippen LogP contribution in [0.25, 0.3) is 0 Å². The van der Waals surface area contributed by atoms with Crippen molar-refractivity contribution in [2.45, 2.75) is 65.7 Å². The summed E-state index contributed by atoms with van der Waals surface area (Å²) in [5.41, 5.74) is -1.03. The van der Waals surface area contributed by atoms with Crippen molar-refractivity contribution in [3.8, 4) is 0 Å². The lowest BCUT2D eigenvalue weighted by Crippen LogP contribution is -2.46. The highest BCUT2D eigenvalue weighted by molar-refractivity contribution is 4.94. The zero-order chi connectivity index (χ0) is 12.8. The minimum absolute atomic E-state index is 0.155. The molecule has 0 aromatic carbocycles. The van der Waals surface area contributed by atoms with Crippen LogP contribution in [0.1, 0.15) is 59.8 Å². The quantitative estimate of drug-likeness (QED) is 0.668. The minimum Gasteiger partial charge on any atom is -0.396 e. The number of hydrogen-bond acceptors (Lipinski definition) is 1. The van der Waals surface area contributed by atoms with Gasteiger partial charge in [0.05, 0.1) is 0 Å². The summed E-state index contributed by atoms with van der Waals surface area (Å²) in [6.07, 6.45) is 2.04. The molecule has 0 rings (SSSR count). The molecule has 0 aliphatic heterocycles. The molecule has 98 valence electrons. The first kappa shape index (κ1) is 15.8. The van der Waals surface area contributed by atoms with E-state index in [-0.39, 0.29) is 13.0 Å². The second-order valence-corrected chi connectivity index (χ2v) is 4.60. The smallest absolute Gasteiger partial charge is 0.256 e. The third kappa shape index (κ3) is 2.73. The molecule has 0 saturated carbocycles. The normalized spacial score (nSPS) is 13.5. The van der Waals surface area contributed by atoms with E-state index in [4.69, 9.17) is 5.11 Å². The van der Waals surface area contributed by atoms with Crippen molar-refractivity contribution < 1.29 is 13.9 Å². The molecule has 0 aliphatic carbocycles. The summed E-state index contributed by atoms with van der Waals surface area (Å²) in [6.45, 7) is 7.08. The molecule has 0 atom stereocenters. The maximum Gasteiger partial charge on any atom is 0.256 e. The van der Waals surface area contributed by atoms with Crippen LogP contribution in [0.5, 0.6) is 0 Å². The van der Waals surface area contributed by atoms with Crippen LogP contribution in [0, 0.1) is 11.3 Å². The average molecular weight is 236 g/mol. The maximum atomic E-state index is 14.5. The van der Waals surface area contributed by atoms with Gasteiger partial charge in [0.2, 0.25) is 0 Å². The SMILES string of the molecule is CCC(CC)C(F)(F)C(CC)(CC)CCO. The van der Waals surface area contributed by atoms with Crippen molar-refractivity contribution in [1.29, 1.82) is 0 Å². The Hall–Kier alpha value is -0.180. The highest BCUT2D eigenvalue weighted by atomic mass is 19.3. The summed E-state index contributed by atoms with van der Waals surface area (Å²) in [6, 6.07) is 0. The number of hydrogen-bond donors (Lipinski definition) is 1. The lowest BCUT2D eigenvalue weighted by Gasteiger charge is -2.43. The second-order valence-electron chi connectivity index (χ2n) is 4.60. The molecule has 0 radical (unpaired) electrons. The molecule has 0 unspecified atom stereocenters. The molecule has 0 spiro atoms. The zero-order valence-electron chi connectivity index (χ0n) is 11.0. The lowest BCUT2D eigenvalue weighted by atomic mass is 9.68. The molecule has 0 heterocycles. The molecule has 1 nitrogen and oxygen atoms in total. The monoisotopic (exact) mass is 236 g/mol. The van der Waals surface area contributed by atoms with Gasteiger partial charge in [-0.1, -0.05) is 27.7 Å². The van der Waals surface area contributed by atoms with Gasteiger partial charge < -0.3 is 5.11 Å². The van der Waals surface area contributed by atoms with Crippen molar-refractivity contribution in [3.63, 3.8) is 0 Å². The van der Waals surface area contributed by atoms with E-state index < -0.39 is 17.3 Å². The molecule has 16 heavy (non-hydrogen) atoms. The Bertz CT molecular complexity index is 184. The first-order chi connectivity index (χ1) is 7.45. The highest BCUT2D eigenvalue weighted by Gasteiger charge is 2.54. The van der Waals surface area contributed by atoms with Crippen LogP contribution in [0.15, 0.2) is 0 Å². The van der Waals surface area contributed by atoms with E-state index in [0.29, 0.717) is 25.7 Å². The Morgan fingerprint density at radius 3 is 1.69 bits per heavy atom. The second kappa shape index (κ2) is 6.53. The van der Waals surface area contributed by atoms with E-state index in [2.05, 4.69) is 0 Å². The molecule has 1 N–H and O–H groups in total. The summed E-state index contributed by atoms with van der Waals surface area (Å²) >= 11 is 0. The van der Waals surface area contributed by atoms with Gasteiger partial charge in [-0.2, -0.15) is 0 Å². The first-order valence-corrected chi connectivity index (χ1v) is 6.44. The number of aliphatic hydroxyl groups excluding tert-OH is 1. The Morgan fingerprint density at radius 1 is 1.00 bits per heavy atom. The van der Waals surface area contributed by atoms with Gasteiger partial charge in [0, 0.05) is 17.9 Å². The highest BCUT2D eigenvalue weighted by Crippen LogP contribution is 2.51. The molecule has 0 fully saturated rings. The molecule has 0 saturated heterocycles. The Morgan fingerprint density at radius 2 is 1.44 bits per heavy atom. The van der Waals surface area contributed by atoms with E-state index in [1.807, 2.05) is 13.8 Å². The fourth-order valence-corrected chi connectivity index (χ4v) is 2.69. The fourth-order valence-electron chi connectivity index (χ4n) is 2.69. The number of aliphatic hydroxyl groups is 1. The molecule has 3 heteroatoms.